The summed E-state index contributed by atoms with van der Waals surface area (Å²) in [6, 6.07) is 9.38. The molecule has 0 radical (unpaired) electrons. The molecule has 0 N–H and O–H groups in total. The van der Waals surface area contributed by atoms with Crippen LogP contribution in [0, 0.1) is 17.1 Å². The third-order valence-electron chi connectivity index (χ3n) is 2.71. The number of rotatable bonds is 1. The lowest BCUT2D eigenvalue weighted by Gasteiger charge is -2.02. The highest BCUT2D eigenvalue weighted by atomic mass is 35.5. The lowest BCUT2D eigenvalue weighted by Crippen LogP contribution is -1.91. The molecule has 0 aliphatic rings. The van der Waals surface area contributed by atoms with Crippen molar-refractivity contribution in [3.05, 3.63) is 52.9 Å². The minimum atomic E-state index is -0.408. The molecule has 1 aromatic carbocycles. The van der Waals surface area contributed by atoms with Crippen molar-refractivity contribution in [2.75, 3.05) is 0 Å². The Morgan fingerprint density at radius 2 is 2.05 bits per heavy atom. The second-order valence-electron chi connectivity index (χ2n) is 3.90. The topological polar surface area (TPSA) is 54.0 Å². The SMILES string of the molecule is N#Cc1ccn2c(-c3ccc(F)cc3Cl)nnc2c1. The predicted octanol–water partition coefficient (Wildman–Crippen LogP) is 3.06. The van der Waals surface area contributed by atoms with E-state index in [2.05, 4.69) is 10.2 Å². The highest BCUT2D eigenvalue weighted by Gasteiger charge is 2.12. The van der Waals surface area contributed by atoms with E-state index in [-0.39, 0.29) is 5.02 Å². The van der Waals surface area contributed by atoms with Gasteiger partial charge in [0, 0.05) is 17.8 Å². The molecule has 0 fully saturated rings. The molecule has 0 saturated carbocycles. The van der Waals surface area contributed by atoms with Gasteiger partial charge >= 0.3 is 0 Å². The summed E-state index contributed by atoms with van der Waals surface area (Å²) in [5.41, 5.74) is 1.62. The Morgan fingerprint density at radius 1 is 1.21 bits per heavy atom. The summed E-state index contributed by atoms with van der Waals surface area (Å²) >= 11 is 6.01. The number of nitriles is 1. The van der Waals surface area contributed by atoms with Crippen molar-refractivity contribution in [3.63, 3.8) is 0 Å². The van der Waals surface area contributed by atoms with Crippen LogP contribution < -0.4 is 0 Å². The third-order valence-corrected chi connectivity index (χ3v) is 3.02. The van der Waals surface area contributed by atoms with Gasteiger partial charge in [-0.1, -0.05) is 11.6 Å². The van der Waals surface area contributed by atoms with Crippen molar-refractivity contribution in [1.82, 2.24) is 14.6 Å². The largest absolute Gasteiger partial charge is 0.282 e. The van der Waals surface area contributed by atoms with Gasteiger partial charge in [0.15, 0.2) is 11.5 Å². The summed E-state index contributed by atoms with van der Waals surface area (Å²) in [5, 5.41) is 17.1. The van der Waals surface area contributed by atoms with Gasteiger partial charge in [-0.2, -0.15) is 5.26 Å². The summed E-state index contributed by atoms with van der Waals surface area (Å²) in [7, 11) is 0. The first-order valence-electron chi connectivity index (χ1n) is 5.39. The Morgan fingerprint density at radius 3 is 2.79 bits per heavy atom. The number of benzene rings is 1. The molecule has 3 aromatic rings. The first-order valence-corrected chi connectivity index (χ1v) is 5.77. The first-order chi connectivity index (χ1) is 9.19. The van der Waals surface area contributed by atoms with E-state index in [1.54, 1.807) is 28.8 Å². The second kappa shape index (κ2) is 4.34. The number of fused-ring (bicyclic) bond motifs is 1. The van der Waals surface area contributed by atoms with E-state index >= 15 is 0 Å². The number of hydrogen-bond acceptors (Lipinski definition) is 3. The number of aromatic nitrogens is 3. The minimum absolute atomic E-state index is 0.263. The van der Waals surface area contributed by atoms with Crippen molar-refractivity contribution >= 4 is 17.2 Å². The van der Waals surface area contributed by atoms with Crippen molar-refractivity contribution in [3.8, 4) is 17.5 Å². The molecule has 2 heterocycles. The lowest BCUT2D eigenvalue weighted by molar-refractivity contribution is 0.628. The maximum Gasteiger partial charge on any atom is 0.169 e. The summed E-state index contributed by atoms with van der Waals surface area (Å²) in [5.74, 6) is 0.0961. The fraction of sp³-hybridized carbons (Fsp3) is 0. The molecule has 0 amide bonds. The minimum Gasteiger partial charge on any atom is -0.282 e. The zero-order chi connectivity index (χ0) is 13.4. The Balaban J connectivity index is 2.23. The zero-order valence-corrected chi connectivity index (χ0v) is 10.3. The van der Waals surface area contributed by atoms with Crippen LogP contribution in [0.25, 0.3) is 17.0 Å². The summed E-state index contributed by atoms with van der Waals surface area (Å²) < 4.78 is 14.7. The van der Waals surface area contributed by atoms with E-state index in [0.717, 1.165) is 0 Å². The molecular formula is C13H6ClFN4. The third kappa shape index (κ3) is 1.92. The van der Waals surface area contributed by atoms with Gasteiger partial charge in [-0.25, -0.2) is 4.39 Å². The molecule has 0 spiro atoms. The van der Waals surface area contributed by atoms with E-state index in [1.165, 1.54) is 12.1 Å². The van der Waals surface area contributed by atoms with Gasteiger partial charge < -0.3 is 0 Å². The van der Waals surface area contributed by atoms with E-state index in [0.29, 0.717) is 22.6 Å². The van der Waals surface area contributed by atoms with Gasteiger partial charge in [-0.05, 0) is 24.3 Å². The molecule has 19 heavy (non-hydrogen) atoms. The van der Waals surface area contributed by atoms with Crippen LogP contribution in [0.1, 0.15) is 5.56 Å². The number of hydrogen-bond donors (Lipinski definition) is 0. The van der Waals surface area contributed by atoms with Crippen LogP contribution in [-0.2, 0) is 0 Å². The molecule has 4 nitrogen and oxygen atoms in total. The molecule has 0 atom stereocenters. The van der Waals surface area contributed by atoms with Gasteiger partial charge in [-0.3, -0.25) is 4.40 Å². The maximum absolute atomic E-state index is 13.0. The van der Waals surface area contributed by atoms with Crippen molar-refractivity contribution in [2.24, 2.45) is 0 Å². The predicted molar refractivity (Wildman–Crippen MR) is 68.1 cm³/mol. The average Bonchev–Trinajstić information content (AvgIpc) is 2.81. The van der Waals surface area contributed by atoms with Gasteiger partial charge in [0.2, 0.25) is 0 Å². The van der Waals surface area contributed by atoms with Crippen molar-refractivity contribution in [1.29, 1.82) is 5.26 Å². The molecule has 0 saturated heterocycles. The zero-order valence-electron chi connectivity index (χ0n) is 9.51. The van der Waals surface area contributed by atoms with E-state index in [1.807, 2.05) is 6.07 Å². The molecule has 2 aromatic heterocycles. The van der Waals surface area contributed by atoms with Crippen LogP contribution in [-0.4, -0.2) is 14.6 Å². The van der Waals surface area contributed by atoms with Crippen molar-refractivity contribution in [2.45, 2.75) is 0 Å². The van der Waals surface area contributed by atoms with E-state index in [4.69, 9.17) is 16.9 Å². The number of nitrogens with zero attached hydrogens (tertiary/aromatic N) is 4. The first kappa shape index (κ1) is 11.6. The van der Waals surface area contributed by atoms with Crippen molar-refractivity contribution < 1.29 is 4.39 Å². The quantitative estimate of drug-likeness (QED) is 0.684. The molecule has 6 heteroatoms. The fourth-order valence-corrected chi connectivity index (χ4v) is 2.07. The lowest BCUT2D eigenvalue weighted by atomic mass is 10.2. The highest BCUT2D eigenvalue weighted by Crippen LogP contribution is 2.27. The highest BCUT2D eigenvalue weighted by molar-refractivity contribution is 6.33. The standard InChI is InChI=1S/C13H6ClFN4/c14-11-6-9(15)1-2-10(11)13-18-17-12-5-8(7-16)3-4-19(12)13/h1-6H. The summed E-state index contributed by atoms with van der Waals surface area (Å²) in [4.78, 5) is 0. The van der Waals surface area contributed by atoms with Crippen LogP contribution in [0.3, 0.4) is 0 Å². The number of halogens is 2. The Kier molecular flexibility index (Phi) is 2.65. The van der Waals surface area contributed by atoms with Crippen LogP contribution >= 0.6 is 11.6 Å². The molecule has 0 aliphatic heterocycles. The Bertz CT molecular complexity index is 819. The number of pyridine rings is 1. The normalized spacial score (nSPS) is 10.6. The summed E-state index contributed by atoms with van der Waals surface area (Å²) in [6.07, 6.45) is 1.68. The average molecular weight is 273 g/mol. The van der Waals surface area contributed by atoms with Gasteiger partial charge in [0.1, 0.15) is 5.82 Å². The van der Waals surface area contributed by atoms with E-state index in [9.17, 15) is 4.39 Å². The Labute approximate surface area is 112 Å². The summed E-state index contributed by atoms with van der Waals surface area (Å²) in [6.45, 7) is 0. The smallest absolute Gasteiger partial charge is 0.169 e. The van der Waals surface area contributed by atoms with Gasteiger partial charge in [-0.15, -0.1) is 10.2 Å². The molecule has 0 aliphatic carbocycles. The molecule has 92 valence electrons. The molecule has 0 unspecified atom stereocenters. The van der Waals surface area contributed by atoms with Crippen LogP contribution in [0.4, 0.5) is 4.39 Å². The van der Waals surface area contributed by atoms with Crippen LogP contribution in [0.2, 0.25) is 5.02 Å². The second-order valence-corrected chi connectivity index (χ2v) is 4.31. The van der Waals surface area contributed by atoms with Crippen LogP contribution in [0.15, 0.2) is 36.5 Å². The monoisotopic (exact) mass is 272 g/mol. The van der Waals surface area contributed by atoms with Gasteiger partial charge in [0.25, 0.3) is 0 Å². The van der Waals surface area contributed by atoms with E-state index < -0.39 is 5.82 Å². The van der Waals surface area contributed by atoms with Crippen LogP contribution in [0.5, 0.6) is 0 Å². The van der Waals surface area contributed by atoms with Gasteiger partial charge in [0.05, 0.1) is 16.7 Å². The molecular weight excluding hydrogens is 267 g/mol. The maximum atomic E-state index is 13.0. The molecule has 3 rings (SSSR count). The fourth-order valence-electron chi connectivity index (χ4n) is 1.81. The molecule has 0 bridgehead atoms. The Hall–Kier alpha value is -2.45.